The van der Waals surface area contributed by atoms with Crippen LogP contribution in [0.2, 0.25) is 0 Å². The highest BCUT2D eigenvalue weighted by Crippen LogP contribution is 2.25. The molecule has 0 atom stereocenters. The number of carbonyl (C=O) groups excluding carboxylic acids is 1. The lowest BCUT2D eigenvalue weighted by molar-refractivity contribution is -0.111. The molecule has 0 aliphatic heterocycles. The molecule has 2 heterocycles. The normalized spacial score (nSPS) is 10.5. The zero-order chi connectivity index (χ0) is 20.2. The lowest BCUT2D eigenvalue weighted by Crippen LogP contribution is -2.07. The van der Waals surface area contributed by atoms with Crippen molar-refractivity contribution in [2.75, 3.05) is 12.4 Å². The van der Waals surface area contributed by atoms with Crippen LogP contribution in [0.4, 0.5) is 5.69 Å². The van der Waals surface area contributed by atoms with E-state index in [1.807, 2.05) is 18.2 Å². The van der Waals surface area contributed by atoms with E-state index < -0.39 is 0 Å². The molecule has 1 N–H and O–H groups in total. The Kier molecular flexibility index (Phi) is 4.90. The third-order valence-corrected chi connectivity index (χ3v) is 4.11. The van der Waals surface area contributed by atoms with Gasteiger partial charge in [-0.2, -0.15) is 4.98 Å². The number of hydrogen-bond donors (Lipinski definition) is 1. The second-order valence-corrected chi connectivity index (χ2v) is 6.01. The van der Waals surface area contributed by atoms with Crippen molar-refractivity contribution in [2.24, 2.45) is 0 Å². The first kappa shape index (κ1) is 18.2. The van der Waals surface area contributed by atoms with Gasteiger partial charge in [-0.25, -0.2) is 4.98 Å². The first-order valence-electron chi connectivity index (χ1n) is 8.71. The van der Waals surface area contributed by atoms with Gasteiger partial charge in [0.05, 0.1) is 30.5 Å². The van der Waals surface area contributed by atoms with Crippen molar-refractivity contribution >= 4 is 22.6 Å². The van der Waals surface area contributed by atoms with Crippen LogP contribution < -0.4 is 14.8 Å². The molecule has 0 spiro atoms. The largest absolute Gasteiger partial charge is 0.497 e. The summed E-state index contributed by atoms with van der Waals surface area (Å²) in [5.41, 5.74) is 2.14. The van der Waals surface area contributed by atoms with E-state index in [-0.39, 0.29) is 5.91 Å². The summed E-state index contributed by atoms with van der Waals surface area (Å²) in [5, 5.41) is 2.74. The van der Waals surface area contributed by atoms with Crippen LogP contribution in [0, 0.1) is 0 Å². The summed E-state index contributed by atoms with van der Waals surface area (Å²) in [6.45, 7) is 3.46. The Morgan fingerprint density at radius 3 is 2.86 bits per heavy atom. The number of carbonyl (C=O) groups is 1. The summed E-state index contributed by atoms with van der Waals surface area (Å²) in [4.78, 5) is 24.7. The quantitative estimate of drug-likeness (QED) is 0.507. The fraction of sp³-hybridized carbons (Fsp3) is 0.0476. The summed E-state index contributed by atoms with van der Waals surface area (Å²) in [6, 6.07) is 12.6. The lowest BCUT2D eigenvalue weighted by Gasteiger charge is -2.09. The summed E-state index contributed by atoms with van der Waals surface area (Å²) in [5.74, 6) is 1.83. The predicted molar refractivity (Wildman–Crippen MR) is 109 cm³/mol. The number of methoxy groups -OCH3 is 1. The van der Waals surface area contributed by atoms with Gasteiger partial charge in [-0.3, -0.25) is 14.3 Å². The van der Waals surface area contributed by atoms with Crippen LogP contribution in [0.25, 0.3) is 16.9 Å². The first-order valence-corrected chi connectivity index (χ1v) is 8.71. The molecule has 2 aromatic carbocycles. The average Bonchev–Trinajstić information content (AvgIpc) is 3.17. The Balaban J connectivity index is 1.67. The van der Waals surface area contributed by atoms with E-state index in [9.17, 15) is 4.79 Å². The number of nitrogens with one attached hydrogen (secondary N) is 1. The molecule has 0 fully saturated rings. The van der Waals surface area contributed by atoms with Crippen molar-refractivity contribution in [1.29, 1.82) is 0 Å². The van der Waals surface area contributed by atoms with Gasteiger partial charge in [0, 0.05) is 11.8 Å². The van der Waals surface area contributed by atoms with Gasteiger partial charge in [0.2, 0.25) is 11.8 Å². The second kappa shape index (κ2) is 7.81. The van der Waals surface area contributed by atoms with Crippen LogP contribution in [0.1, 0.15) is 0 Å². The molecule has 0 saturated carbocycles. The number of benzene rings is 2. The van der Waals surface area contributed by atoms with Crippen LogP contribution in [-0.2, 0) is 4.79 Å². The summed E-state index contributed by atoms with van der Waals surface area (Å²) in [6.07, 6.45) is 5.99. The number of fused-ring (bicyclic) bond motifs is 1. The van der Waals surface area contributed by atoms with E-state index in [0.717, 1.165) is 11.0 Å². The number of rotatable bonds is 6. The molecule has 8 heteroatoms. The second-order valence-electron chi connectivity index (χ2n) is 6.01. The molecule has 0 aliphatic carbocycles. The maximum Gasteiger partial charge on any atom is 0.247 e. The molecular weight excluding hydrogens is 370 g/mol. The highest BCUT2D eigenvalue weighted by atomic mass is 16.5. The Labute approximate surface area is 166 Å². The highest BCUT2D eigenvalue weighted by molar-refractivity contribution is 6.00. The van der Waals surface area contributed by atoms with Crippen LogP contribution >= 0.6 is 0 Å². The Morgan fingerprint density at radius 1 is 1.17 bits per heavy atom. The highest BCUT2D eigenvalue weighted by Gasteiger charge is 2.10. The van der Waals surface area contributed by atoms with Crippen molar-refractivity contribution in [1.82, 2.24) is 19.5 Å². The molecule has 8 nitrogen and oxygen atoms in total. The van der Waals surface area contributed by atoms with Gasteiger partial charge in [-0.05, 0) is 36.4 Å². The zero-order valence-corrected chi connectivity index (χ0v) is 15.6. The van der Waals surface area contributed by atoms with Crippen molar-refractivity contribution in [3.63, 3.8) is 0 Å². The molecule has 0 unspecified atom stereocenters. The number of aromatic nitrogens is 4. The van der Waals surface area contributed by atoms with Crippen LogP contribution in [0.5, 0.6) is 17.4 Å². The number of anilines is 1. The van der Waals surface area contributed by atoms with Gasteiger partial charge < -0.3 is 14.8 Å². The number of hydrogen-bond acceptors (Lipinski definition) is 6. The smallest absolute Gasteiger partial charge is 0.247 e. The Hall–Kier alpha value is -4.20. The monoisotopic (exact) mass is 387 g/mol. The minimum atomic E-state index is -0.288. The zero-order valence-electron chi connectivity index (χ0n) is 15.6. The summed E-state index contributed by atoms with van der Waals surface area (Å²) >= 11 is 0. The van der Waals surface area contributed by atoms with Gasteiger partial charge in [0.15, 0.2) is 5.82 Å². The van der Waals surface area contributed by atoms with Crippen molar-refractivity contribution in [3.05, 3.63) is 73.8 Å². The molecule has 4 rings (SSSR count). The van der Waals surface area contributed by atoms with E-state index in [0.29, 0.717) is 28.9 Å². The van der Waals surface area contributed by atoms with Crippen molar-refractivity contribution in [3.8, 4) is 23.2 Å². The molecule has 1 amide bonds. The van der Waals surface area contributed by atoms with Crippen molar-refractivity contribution in [2.45, 2.75) is 0 Å². The Bertz CT molecular complexity index is 1200. The minimum Gasteiger partial charge on any atom is -0.497 e. The molecule has 0 aliphatic rings. The predicted octanol–water partition coefficient (Wildman–Crippen LogP) is 3.74. The topological polar surface area (TPSA) is 91.2 Å². The van der Waals surface area contributed by atoms with Gasteiger partial charge in [-0.1, -0.05) is 12.6 Å². The van der Waals surface area contributed by atoms with Gasteiger partial charge in [-0.15, -0.1) is 0 Å². The van der Waals surface area contributed by atoms with E-state index >= 15 is 0 Å². The first-order chi connectivity index (χ1) is 14.2. The molecule has 144 valence electrons. The fourth-order valence-electron chi connectivity index (χ4n) is 2.75. The van der Waals surface area contributed by atoms with Crippen LogP contribution in [0.3, 0.4) is 0 Å². The molecule has 0 bridgehead atoms. The van der Waals surface area contributed by atoms with E-state index in [1.165, 1.54) is 12.3 Å². The third kappa shape index (κ3) is 3.91. The van der Waals surface area contributed by atoms with E-state index in [2.05, 4.69) is 26.8 Å². The van der Waals surface area contributed by atoms with Gasteiger partial charge in [0.1, 0.15) is 17.8 Å². The van der Waals surface area contributed by atoms with E-state index in [4.69, 9.17) is 9.47 Å². The van der Waals surface area contributed by atoms with Crippen LogP contribution in [-0.4, -0.2) is 32.5 Å². The minimum absolute atomic E-state index is 0.288. The maximum absolute atomic E-state index is 11.6. The lowest BCUT2D eigenvalue weighted by atomic mass is 10.2. The molecule has 2 aromatic heterocycles. The number of imidazole rings is 1. The standard InChI is InChI=1S/C21H17N5O3/c1-3-20(27)24-14-7-8-17-18(9-14)26(13-23-17)19-11-22-12-21(25-19)29-16-6-4-5-15(10-16)28-2/h3-13H,1H2,2H3,(H,24,27). The Morgan fingerprint density at radius 2 is 2.03 bits per heavy atom. The summed E-state index contributed by atoms with van der Waals surface area (Å²) in [7, 11) is 1.59. The van der Waals surface area contributed by atoms with Crippen molar-refractivity contribution < 1.29 is 14.3 Å². The molecule has 4 aromatic rings. The number of ether oxygens (including phenoxy) is 2. The molecule has 0 radical (unpaired) electrons. The van der Waals surface area contributed by atoms with Gasteiger partial charge in [0.25, 0.3) is 0 Å². The number of nitrogens with zero attached hydrogens (tertiary/aromatic N) is 4. The molecule has 0 saturated heterocycles. The van der Waals surface area contributed by atoms with Gasteiger partial charge >= 0.3 is 0 Å². The average molecular weight is 387 g/mol. The fourth-order valence-corrected chi connectivity index (χ4v) is 2.75. The van der Waals surface area contributed by atoms with Crippen LogP contribution in [0.15, 0.2) is 73.8 Å². The summed E-state index contributed by atoms with van der Waals surface area (Å²) < 4.78 is 12.8. The SMILES string of the molecule is C=CC(=O)Nc1ccc2ncn(-c3cncc(Oc4cccc(OC)c4)n3)c2c1. The maximum atomic E-state index is 11.6. The third-order valence-electron chi connectivity index (χ3n) is 4.11. The molecule has 29 heavy (non-hydrogen) atoms. The van der Waals surface area contributed by atoms with E-state index in [1.54, 1.807) is 48.5 Å². The number of amides is 1. The molecular formula is C21H17N5O3.